The fourth-order valence-corrected chi connectivity index (χ4v) is 2.13. The lowest BCUT2D eigenvalue weighted by atomic mass is 10.1. The van der Waals surface area contributed by atoms with Crippen molar-refractivity contribution in [2.75, 3.05) is 14.2 Å². The van der Waals surface area contributed by atoms with Crippen molar-refractivity contribution in [2.24, 2.45) is 0 Å². The molecule has 2 rings (SSSR count). The average molecular weight is 364 g/mol. The van der Waals surface area contributed by atoms with Gasteiger partial charge in [-0.3, -0.25) is 0 Å². The number of ether oxygens (including phenoxy) is 3. The Kier molecular flexibility index (Phi) is 11.5. The lowest BCUT2D eigenvalue weighted by Crippen LogP contribution is -2.08. The van der Waals surface area contributed by atoms with Gasteiger partial charge in [0, 0.05) is 5.56 Å². The van der Waals surface area contributed by atoms with Crippen LogP contribution < -0.4 is 9.47 Å². The first kappa shape index (κ1) is 23.4. The van der Waals surface area contributed by atoms with Crippen molar-refractivity contribution in [1.82, 2.24) is 0 Å². The Morgan fingerprint density at radius 1 is 1.00 bits per heavy atom. The average Bonchev–Trinajstić information content (AvgIpc) is 2.71. The third-order valence-corrected chi connectivity index (χ3v) is 3.27. The van der Waals surface area contributed by atoms with E-state index in [9.17, 15) is 9.18 Å². The van der Waals surface area contributed by atoms with Gasteiger partial charge < -0.3 is 14.2 Å². The summed E-state index contributed by atoms with van der Waals surface area (Å²) in [5, 5.41) is 0. The molecule has 2 aromatic carbocycles. The largest absolute Gasteiger partial charge is 0.492 e. The second-order valence-electron chi connectivity index (χ2n) is 4.66. The minimum Gasteiger partial charge on any atom is -0.492 e. The van der Waals surface area contributed by atoms with Gasteiger partial charge >= 0.3 is 5.97 Å². The number of halogens is 1. The van der Waals surface area contributed by atoms with E-state index >= 15 is 0 Å². The molecule has 0 N–H and O–H groups in total. The molecule has 0 spiro atoms. The van der Waals surface area contributed by atoms with E-state index in [1.54, 1.807) is 6.92 Å². The molecule has 0 fully saturated rings. The van der Waals surface area contributed by atoms with Crippen LogP contribution in [0.5, 0.6) is 11.5 Å². The van der Waals surface area contributed by atoms with E-state index in [1.807, 2.05) is 58.0 Å². The van der Waals surface area contributed by atoms with Gasteiger partial charge in [-0.25, -0.2) is 9.18 Å². The Morgan fingerprint density at radius 3 is 2.08 bits per heavy atom. The number of hydrogen-bond acceptors (Lipinski definition) is 4. The van der Waals surface area contributed by atoms with E-state index < -0.39 is 11.8 Å². The molecule has 0 aliphatic rings. The van der Waals surface area contributed by atoms with Crippen molar-refractivity contribution in [1.29, 1.82) is 0 Å². The maximum Gasteiger partial charge on any atom is 0.338 e. The van der Waals surface area contributed by atoms with Crippen molar-refractivity contribution in [2.45, 2.75) is 41.2 Å². The summed E-state index contributed by atoms with van der Waals surface area (Å²) in [4.78, 5) is 11.7. The Morgan fingerprint density at radius 2 is 1.58 bits per heavy atom. The Labute approximate surface area is 155 Å². The highest BCUT2D eigenvalue weighted by molar-refractivity contribution is 5.92. The zero-order valence-electron chi connectivity index (χ0n) is 16.7. The molecule has 0 saturated carbocycles. The number of rotatable bonds is 5. The SMILES string of the molecule is CC.CC.COC(=O)c1cc(F)c(OCc2ccccc2)c(OC)c1C. The highest BCUT2D eigenvalue weighted by atomic mass is 19.1. The molecule has 0 radical (unpaired) electrons. The van der Waals surface area contributed by atoms with Crippen LogP contribution in [-0.4, -0.2) is 20.2 Å². The number of carbonyl (C=O) groups is 1. The van der Waals surface area contributed by atoms with Gasteiger partial charge in [-0.1, -0.05) is 58.0 Å². The summed E-state index contributed by atoms with van der Waals surface area (Å²) < 4.78 is 29.7. The summed E-state index contributed by atoms with van der Waals surface area (Å²) in [6.07, 6.45) is 0. The van der Waals surface area contributed by atoms with Crippen LogP contribution in [0.4, 0.5) is 4.39 Å². The first-order valence-corrected chi connectivity index (χ1v) is 8.70. The summed E-state index contributed by atoms with van der Waals surface area (Å²) in [7, 11) is 2.64. The molecular weight excluding hydrogens is 335 g/mol. The van der Waals surface area contributed by atoms with Crippen LogP contribution in [0.1, 0.15) is 49.2 Å². The summed E-state index contributed by atoms with van der Waals surface area (Å²) in [5.74, 6) is -1.11. The van der Waals surface area contributed by atoms with E-state index in [4.69, 9.17) is 9.47 Å². The summed E-state index contributed by atoms with van der Waals surface area (Å²) in [6.45, 7) is 9.85. The van der Waals surface area contributed by atoms with Crippen molar-refractivity contribution in [3.05, 3.63) is 58.9 Å². The zero-order valence-corrected chi connectivity index (χ0v) is 16.7. The molecule has 5 heteroatoms. The van der Waals surface area contributed by atoms with Gasteiger partial charge in [0.2, 0.25) is 0 Å². The molecule has 2 aromatic rings. The van der Waals surface area contributed by atoms with Crippen LogP contribution in [0.25, 0.3) is 0 Å². The fourth-order valence-electron chi connectivity index (χ4n) is 2.13. The maximum absolute atomic E-state index is 14.3. The highest BCUT2D eigenvalue weighted by Crippen LogP contribution is 2.36. The van der Waals surface area contributed by atoms with Crippen LogP contribution in [0.2, 0.25) is 0 Å². The zero-order chi connectivity index (χ0) is 20.1. The van der Waals surface area contributed by atoms with Crippen LogP contribution in [-0.2, 0) is 11.3 Å². The Hall–Kier alpha value is -2.56. The van der Waals surface area contributed by atoms with Crippen molar-refractivity contribution in [3.63, 3.8) is 0 Å². The van der Waals surface area contributed by atoms with Crippen molar-refractivity contribution >= 4 is 5.97 Å². The molecule has 26 heavy (non-hydrogen) atoms. The Balaban J connectivity index is 0.00000146. The molecule has 0 saturated heterocycles. The number of hydrogen-bond donors (Lipinski definition) is 0. The normalized spacial score (nSPS) is 9.08. The number of esters is 1. The molecule has 0 aliphatic heterocycles. The van der Waals surface area contributed by atoms with Crippen LogP contribution in [0, 0.1) is 12.7 Å². The monoisotopic (exact) mass is 364 g/mol. The molecule has 0 amide bonds. The minimum absolute atomic E-state index is 0.0171. The van der Waals surface area contributed by atoms with Crippen LogP contribution in [0.3, 0.4) is 0 Å². The predicted molar refractivity (Wildman–Crippen MR) is 102 cm³/mol. The smallest absolute Gasteiger partial charge is 0.338 e. The molecule has 0 unspecified atom stereocenters. The van der Waals surface area contributed by atoms with Gasteiger partial charge in [-0.15, -0.1) is 0 Å². The van der Waals surface area contributed by atoms with Gasteiger partial charge in [0.05, 0.1) is 19.8 Å². The number of methoxy groups -OCH3 is 2. The second-order valence-corrected chi connectivity index (χ2v) is 4.66. The third kappa shape index (κ3) is 6.06. The summed E-state index contributed by atoms with van der Waals surface area (Å²) >= 11 is 0. The van der Waals surface area contributed by atoms with E-state index in [0.717, 1.165) is 11.6 Å². The standard InChI is InChI=1S/C17H17FO4.2C2H6/c1-11-13(17(19)21-3)9-14(18)16(15(11)20-2)22-10-12-7-5-4-6-8-12;2*1-2/h4-9H,10H2,1-3H3;2*1-2H3. The van der Waals surface area contributed by atoms with Crippen LogP contribution >= 0.6 is 0 Å². The lowest BCUT2D eigenvalue weighted by Gasteiger charge is -2.16. The molecule has 144 valence electrons. The molecule has 0 aliphatic carbocycles. The predicted octanol–water partition coefficient (Wildman–Crippen LogP) is 5.56. The van der Waals surface area contributed by atoms with Crippen molar-refractivity contribution < 1.29 is 23.4 Å². The first-order valence-electron chi connectivity index (χ1n) is 8.70. The topological polar surface area (TPSA) is 44.8 Å². The molecule has 0 heterocycles. The van der Waals surface area contributed by atoms with Gasteiger partial charge in [0.15, 0.2) is 17.3 Å². The van der Waals surface area contributed by atoms with Gasteiger partial charge in [-0.2, -0.15) is 0 Å². The molecule has 0 atom stereocenters. The molecular formula is C21H29FO4. The lowest BCUT2D eigenvalue weighted by molar-refractivity contribution is 0.0598. The highest BCUT2D eigenvalue weighted by Gasteiger charge is 2.22. The third-order valence-electron chi connectivity index (χ3n) is 3.27. The van der Waals surface area contributed by atoms with Crippen molar-refractivity contribution in [3.8, 4) is 11.5 Å². The van der Waals surface area contributed by atoms with E-state index in [1.165, 1.54) is 14.2 Å². The molecule has 0 bridgehead atoms. The summed E-state index contributed by atoms with van der Waals surface area (Å²) in [5.41, 5.74) is 1.49. The van der Waals surface area contributed by atoms with E-state index in [2.05, 4.69) is 4.74 Å². The maximum atomic E-state index is 14.3. The molecule has 0 aromatic heterocycles. The minimum atomic E-state index is -0.668. The fraction of sp³-hybridized carbons (Fsp3) is 0.381. The Bertz CT molecular complexity index is 669. The number of benzene rings is 2. The van der Waals surface area contributed by atoms with Gasteiger partial charge in [-0.05, 0) is 18.6 Å². The van der Waals surface area contributed by atoms with E-state index in [0.29, 0.717) is 5.56 Å². The van der Waals surface area contributed by atoms with Crippen LogP contribution in [0.15, 0.2) is 36.4 Å². The number of carbonyl (C=O) groups excluding carboxylic acids is 1. The quantitative estimate of drug-likeness (QED) is 0.652. The van der Waals surface area contributed by atoms with Gasteiger partial charge in [0.1, 0.15) is 6.61 Å². The second kappa shape index (κ2) is 12.8. The molecule has 4 nitrogen and oxygen atoms in total. The van der Waals surface area contributed by atoms with E-state index in [-0.39, 0.29) is 23.7 Å². The first-order chi connectivity index (χ1) is 12.6. The van der Waals surface area contributed by atoms with Gasteiger partial charge in [0.25, 0.3) is 0 Å². The summed E-state index contributed by atoms with van der Waals surface area (Å²) in [6, 6.07) is 10.5.